The van der Waals surface area contributed by atoms with E-state index in [0.29, 0.717) is 23.7 Å². The zero-order valence-corrected chi connectivity index (χ0v) is 16.9. The number of piperidine rings is 1. The molecule has 12 heteroatoms. The van der Waals surface area contributed by atoms with Gasteiger partial charge in [0.1, 0.15) is 5.82 Å². The summed E-state index contributed by atoms with van der Waals surface area (Å²) in [5, 5.41) is 19.3. The lowest BCUT2D eigenvalue weighted by Crippen LogP contribution is -2.34. The van der Waals surface area contributed by atoms with E-state index in [1.165, 1.54) is 23.0 Å². The number of nitrogens with two attached hydrogens (primary N) is 1. The van der Waals surface area contributed by atoms with Crippen LogP contribution >= 0.6 is 0 Å². The fourth-order valence-electron chi connectivity index (χ4n) is 3.33. The molecule has 0 saturated carbocycles. The maximum Gasteiger partial charge on any atom is 0.293 e. The Labute approximate surface area is 177 Å². The van der Waals surface area contributed by atoms with E-state index in [2.05, 4.69) is 47.6 Å². The molecule has 1 amide bonds. The third-order valence-corrected chi connectivity index (χ3v) is 5.17. The van der Waals surface area contributed by atoms with Crippen LogP contribution in [0.5, 0.6) is 0 Å². The normalized spacial score (nSPS) is 15.5. The molecule has 0 aliphatic carbocycles. The van der Waals surface area contributed by atoms with Gasteiger partial charge in [0.2, 0.25) is 11.6 Å². The van der Waals surface area contributed by atoms with Crippen molar-refractivity contribution >= 4 is 17.9 Å². The number of benzene rings is 1. The van der Waals surface area contributed by atoms with E-state index in [4.69, 9.17) is 5.73 Å². The second-order valence-corrected chi connectivity index (χ2v) is 7.48. The van der Waals surface area contributed by atoms with Gasteiger partial charge in [-0.1, -0.05) is 24.3 Å². The van der Waals surface area contributed by atoms with Crippen LogP contribution in [0.25, 0.3) is 5.82 Å². The van der Waals surface area contributed by atoms with Crippen molar-refractivity contribution < 1.29 is 13.8 Å². The number of hydrazone groups is 1. The van der Waals surface area contributed by atoms with E-state index in [1.54, 1.807) is 12.1 Å². The first-order valence-electron chi connectivity index (χ1n) is 9.85. The number of rotatable bonds is 6. The summed E-state index contributed by atoms with van der Waals surface area (Å²) in [5.74, 6) is -0.0177. The van der Waals surface area contributed by atoms with Gasteiger partial charge in [0, 0.05) is 6.54 Å². The summed E-state index contributed by atoms with van der Waals surface area (Å²) in [5.41, 5.74) is 9.48. The molecule has 31 heavy (non-hydrogen) atoms. The Morgan fingerprint density at radius 3 is 2.74 bits per heavy atom. The summed E-state index contributed by atoms with van der Waals surface area (Å²) < 4.78 is 19.0. The molecule has 4 rings (SSSR count). The number of hydrogen-bond acceptors (Lipinski definition) is 9. The van der Waals surface area contributed by atoms with Crippen molar-refractivity contribution in [2.75, 3.05) is 18.8 Å². The zero-order valence-electron chi connectivity index (χ0n) is 16.9. The van der Waals surface area contributed by atoms with Crippen LogP contribution in [0.2, 0.25) is 0 Å². The molecule has 1 aliphatic heterocycles. The van der Waals surface area contributed by atoms with Gasteiger partial charge in [0.15, 0.2) is 5.69 Å². The lowest BCUT2D eigenvalue weighted by Gasteiger charge is -2.30. The standard InChI is InChI=1S/C19H22FN9O2/c1-12-6-8-28(9-7-12)11-15-16(23-27-29(15)18-17(21)25-31-26-18)19(30)24-22-10-13-2-4-14(20)5-3-13/h2-5,10,12H,6-9,11H2,1H3,(H2,21,25)(H,24,30)/b22-10+. The minimum atomic E-state index is -0.542. The van der Waals surface area contributed by atoms with Crippen LogP contribution in [-0.2, 0) is 6.54 Å². The second kappa shape index (κ2) is 9.00. The van der Waals surface area contributed by atoms with Crippen LogP contribution < -0.4 is 11.2 Å². The predicted molar refractivity (Wildman–Crippen MR) is 109 cm³/mol. The molecule has 3 heterocycles. The highest BCUT2D eigenvalue weighted by Crippen LogP contribution is 2.21. The van der Waals surface area contributed by atoms with Gasteiger partial charge in [-0.15, -0.1) is 5.10 Å². The number of nitrogen functional groups attached to an aromatic ring is 1. The molecule has 11 nitrogen and oxygen atoms in total. The summed E-state index contributed by atoms with van der Waals surface area (Å²) in [4.78, 5) is 15.0. The van der Waals surface area contributed by atoms with Crippen molar-refractivity contribution in [1.29, 1.82) is 0 Å². The Hall–Kier alpha value is -3.67. The third kappa shape index (κ3) is 4.74. The van der Waals surface area contributed by atoms with Crippen LogP contribution in [0.3, 0.4) is 0 Å². The van der Waals surface area contributed by atoms with E-state index < -0.39 is 5.91 Å². The average molecular weight is 427 g/mol. The maximum atomic E-state index is 13.0. The molecule has 3 aromatic rings. The van der Waals surface area contributed by atoms with E-state index in [0.717, 1.165) is 25.9 Å². The Kier molecular flexibility index (Phi) is 5.98. The molecule has 162 valence electrons. The number of likely N-dealkylation sites (tertiary alicyclic amines) is 1. The molecule has 0 atom stereocenters. The first kappa shape index (κ1) is 20.6. The molecule has 1 saturated heterocycles. The lowest BCUT2D eigenvalue weighted by atomic mass is 9.99. The molecule has 0 radical (unpaired) electrons. The van der Waals surface area contributed by atoms with Gasteiger partial charge < -0.3 is 5.73 Å². The average Bonchev–Trinajstić information content (AvgIpc) is 3.37. The first-order chi connectivity index (χ1) is 15.0. The molecule has 2 aromatic heterocycles. The Balaban J connectivity index is 1.55. The minimum Gasteiger partial charge on any atom is -0.378 e. The van der Waals surface area contributed by atoms with Crippen molar-refractivity contribution in [2.24, 2.45) is 11.0 Å². The van der Waals surface area contributed by atoms with Crippen molar-refractivity contribution in [3.63, 3.8) is 0 Å². The molecular formula is C19H22FN9O2. The highest BCUT2D eigenvalue weighted by atomic mass is 19.1. The number of halogens is 1. The van der Waals surface area contributed by atoms with Crippen molar-refractivity contribution in [3.05, 3.63) is 47.0 Å². The molecule has 0 unspecified atom stereocenters. The molecular weight excluding hydrogens is 405 g/mol. The van der Waals surface area contributed by atoms with E-state index in [9.17, 15) is 9.18 Å². The second-order valence-electron chi connectivity index (χ2n) is 7.48. The highest BCUT2D eigenvalue weighted by Gasteiger charge is 2.26. The fraction of sp³-hybridized carbons (Fsp3) is 0.368. The Bertz CT molecular complexity index is 1070. The molecule has 0 spiro atoms. The van der Waals surface area contributed by atoms with Gasteiger partial charge >= 0.3 is 0 Å². The molecule has 1 aliphatic rings. The molecule has 0 bridgehead atoms. The SMILES string of the molecule is CC1CCN(Cc2c(C(=O)N/N=C/c3ccc(F)cc3)nnn2-c2nonc2N)CC1. The van der Waals surface area contributed by atoms with E-state index in [1.807, 2.05) is 0 Å². The zero-order chi connectivity index (χ0) is 21.8. The van der Waals surface area contributed by atoms with Crippen LogP contribution in [0.15, 0.2) is 34.0 Å². The number of carbonyl (C=O) groups is 1. The van der Waals surface area contributed by atoms with Gasteiger partial charge in [-0.3, -0.25) is 9.69 Å². The van der Waals surface area contributed by atoms with E-state index >= 15 is 0 Å². The molecule has 1 fully saturated rings. The fourth-order valence-corrected chi connectivity index (χ4v) is 3.33. The highest BCUT2D eigenvalue weighted by molar-refractivity contribution is 5.94. The van der Waals surface area contributed by atoms with Gasteiger partial charge in [-0.25, -0.2) is 14.4 Å². The minimum absolute atomic E-state index is 0.0414. The van der Waals surface area contributed by atoms with Crippen LogP contribution in [0.1, 0.15) is 41.5 Å². The first-order valence-corrected chi connectivity index (χ1v) is 9.85. The van der Waals surface area contributed by atoms with Crippen molar-refractivity contribution in [1.82, 2.24) is 35.6 Å². The number of anilines is 1. The van der Waals surface area contributed by atoms with Crippen LogP contribution in [-0.4, -0.2) is 55.4 Å². The van der Waals surface area contributed by atoms with E-state index in [-0.39, 0.29) is 23.1 Å². The number of nitrogens with one attached hydrogen (secondary N) is 1. The predicted octanol–water partition coefficient (Wildman–Crippen LogP) is 1.37. The monoisotopic (exact) mass is 427 g/mol. The van der Waals surface area contributed by atoms with Gasteiger partial charge in [0.05, 0.1) is 11.9 Å². The van der Waals surface area contributed by atoms with Gasteiger partial charge in [0.25, 0.3) is 5.91 Å². The molecule has 1 aromatic carbocycles. The van der Waals surface area contributed by atoms with Crippen LogP contribution in [0.4, 0.5) is 10.2 Å². The number of aromatic nitrogens is 5. The third-order valence-electron chi connectivity index (χ3n) is 5.17. The van der Waals surface area contributed by atoms with Crippen LogP contribution in [0, 0.1) is 11.7 Å². The quantitative estimate of drug-likeness (QED) is 0.444. The number of hydrogen-bond donors (Lipinski definition) is 2. The number of carbonyl (C=O) groups excluding carboxylic acids is 1. The van der Waals surface area contributed by atoms with Gasteiger partial charge in [-0.05, 0) is 59.9 Å². The smallest absolute Gasteiger partial charge is 0.293 e. The summed E-state index contributed by atoms with van der Waals surface area (Å²) in [6.45, 7) is 4.44. The topological polar surface area (TPSA) is 140 Å². The lowest BCUT2D eigenvalue weighted by molar-refractivity contribution is 0.0947. The Morgan fingerprint density at radius 2 is 2.06 bits per heavy atom. The Morgan fingerprint density at radius 1 is 1.32 bits per heavy atom. The molecule has 3 N–H and O–H groups in total. The summed E-state index contributed by atoms with van der Waals surface area (Å²) in [6.07, 6.45) is 3.55. The number of nitrogens with zero attached hydrogens (tertiary/aromatic N) is 7. The summed E-state index contributed by atoms with van der Waals surface area (Å²) >= 11 is 0. The van der Waals surface area contributed by atoms with Gasteiger partial charge in [-0.2, -0.15) is 9.78 Å². The number of amides is 1. The van der Waals surface area contributed by atoms with Crippen molar-refractivity contribution in [3.8, 4) is 5.82 Å². The summed E-state index contributed by atoms with van der Waals surface area (Å²) in [7, 11) is 0. The largest absolute Gasteiger partial charge is 0.378 e. The summed E-state index contributed by atoms with van der Waals surface area (Å²) in [6, 6.07) is 5.71. The maximum absolute atomic E-state index is 13.0. The van der Waals surface area contributed by atoms with Crippen molar-refractivity contribution in [2.45, 2.75) is 26.3 Å².